The summed E-state index contributed by atoms with van der Waals surface area (Å²) in [5.74, 6) is -2.42. The lowest BCUT2D eigenvalue weighted by Crippen LogP contribution is -2.63. The van der Waals surface area contributed by atoms with E-state index in [1.54, 1.807) is 13.8 Å². The molecule has 3 unspecified atom stereocenters. The molecular formula is C16H20Cl3NO4. The lowest BCUT2D eigenvalue weighted by molar-refractivity contribution is -0.151. The van der Waals surface area contributed by atoms with Gasteiger partial charge in [0.2, 0.25) is 0 Å². The first-order valence-corrected chi connectivity index (χ1v) is 8.61. The zero-order valence-corrected chi connectivity index (χ0v) is 16.0. The second-order valence-electron chi connectivity index (χ2n) is 6.56. The molecule has 0 saturated carbocycles. The second-order valence-corrected chi connectivity index (χ2v) is 8.84. The van der Waals surface area contributed by atoms with Crippen LogP contribution in [-0.2, 0) is 19.1 Å². The van der Waals surface area contributed by atoms with Crippen molar-refractivity contribution in [2.75, 3.05) is 6.61 Å². The third kappa shape index (κ3) is 3.81. The molecule has 0 spiro atoms. The quantitative estimate of drug-likeness (QED) is 0.588. The molecule has 1 heterocycles. The monoisotopic (exact) mass is 395 g/mol. The van der Waals surface area contributed by atoms with Gasteiger partial charge in [0, 0.05) is 5.92 Å². The van der Waals surface area contributed by atoms with Crippen molar-refractivity contribution in [3.8, 4) is 0 Å². The Balaban J connectivity index is 2.41. The van der Waals surface area contributed by atoms with E-state index in [-0.39, 0.29) is 12.4 Å². The highest BCUT2D eigenvalue weighted by atomic mass is 35.6. The lowest BCUT2D eigenvalue weighted by atomic mass is 9.70. The van der Waals surface area contributed by atoms with Crippen LogP contribution in [0.2, 0.25) is 0 Å². The summed E-state index contributed by atoms with van der Waals surface area (Å²) in [7, 11) is 0. The fourth-order valence-corrected chi connectivity index (χ4v) is 3.29. The van der Waals surface area contributed by atoms with Crippen LogP contribution in [0.1, 0.15) is 27.2 Å². The maximum Gasteiger partial charge on any atom is 0.273 e. The minimum atomic E-state index is -2.19. The molecule has 0 bridgehead atoms. The van der Waals surface area contributed by atoms with Gasteiger partial charge in [-0.3, -0.25) is 9.59 Å². The van der Waals surface area contributed by atoms with Crippen molar-refractivity contribution in [1.82, 2.24) is 5.32 Å². The fraction of sp³-hybridized carbons (Fsp3) is 0.625. The molecule has 1 saturated heterocycles. The van der Waals surface area contributed by atoms with E-state index >= 15 is 0 Å². The van der Waals surface area contributed by atoms with E-state index in [0.29, 0.717) is 6.42 Å². The minimum Gasteiger partial charge on any atom is -0.348 e. The van der Waals surface area contributed by atoms with Gasteiger partial charge in [0.25, 0.3) is 9.70 Å². The van der Waals surface area contributed by atoms with Gasteiger partial charge >= 0.3 is 0 Å². The number of hydrogen-bond donors (Lipinski definition) is 1. The van der Waals surface area contributed by atoms with Gasteiger partial charge in [0.1, 0.15) is 5.54 Å². The molecule has 1 N–H and O–H groups in total. The summed E-state index contributed by atoms with van der Waals surface area (Å²) in [5.41, 5.74) is -0.548. The van der Waals surface area contributed by atoms with E-state index < -0.39 is 33.0 Å². The van der Waals surface area contributed by atoms with Crippen LogP contribution >= 0.6 is 34.8 Å². The second kappa shape index (κ2) is 6.61. The van der Waals surface area contributed by atoms with E-state index in [4.69, 9.17) is 44.3 Å². The van der Waals surface area contributed by atoms with Gasteiger partial charge in [0.15, 0.2) is 11.6 Å². The van der Waals surface area contributed by atoms with Crippen molar-refractivity contribution in [1.29, 1.82) is 0 Å². The third-order valence-corrected chi connectivity index (χ3v) is 4.81. The average molecular weight is 397 g/mol. The van der Waals surface area contributed by atoms with E-state index in [1.165, 1.54) is 12.2 Å². The molecule has 1 amide bonds. The molecule has 1 aliphatic carbocycles. The van der Waals surface area contributed by atoms with Crippen molar-refractivity contribution in [3.63, 3.8) is 0 Å². The first-order valence-electron chi connectivity index (χ1n) is 7.47. The molecule has 0 radical (unpaired) electrons. The number of ether oxygens (including phenoxy) is 2. The van der Waals surface area contributed by atoms with Crippen molar-refractivity contribution < 1.29 is 19.1 Å². The number of nitrogens with one attached hydrogen (secondary N) is 1. The molecule has 0 aromatic heterocycles. The highest BCUT2D eigenvalue weighted by Gasteiger charge is 2.53. The van der Waals surface area contributed by atoms with Gasteiger partial charge in [-0.2, -0.15) is 0 Å². The van der Waals surface area contributed by atoms with Gasteiger partial charge < -0.3 is 14.8 Å². The van der Waals surface area contributed by atoms with Gasteiger partial charge in [0.05, 0.1) is 12.7 Å². The van der Waals surface area contributed by atoms with E-state index in [9.17, 15) is 9.59 Å². The Morgan fingerprint density at radius 1 is 1.46 bits per heavy atom. The Morgan fingerprint density at radius 2 is 2.08 bits per heavy atom. The van der Waals surface area contributed by atoms with Gasteiger partial charge in [-0.1, -0.05) is 46.5 Å². The number of rotatable bonds is 3. The molecular weight excluding hydrogens is 377 g/mol. The first-order chi connectivity index (χ1) is 10.9. The molecule has 134 valence electrons. The molecule has 0 aromatic rings. The number of carbonyl (C=O) groups excluding carboxylic acids is 2. The zero-order valence-electron chi connectivity index (χ0n) is 13.7. The first kappa shape index (κ1) is 19.7. The predicted octanol–water partition coefficient (Wildman–Crippen LogP) is 3.08. The lowest BCUT2D eigenvalue weighted by Gasteiger charge is -2.43. The van der Waals surface area contributed by atoms with Crippen LogP contribution in [0.25, 0.3) is 0 Å². The Hall–Kier alpha value is -0.590. The Morgan fingerprint density at radius 3 is 2.54 bits per heavy atom. The number of carbonyl (C=O) groups is 2. The fourth-order valence-electron chi connectivity index (χ4n) is 3.15. The number of hydrogen-bond acceptors (Lipinski definition) is 4. The highest BCUT2D eigenvalue weighted by molar-refractivity contribution is 6.76. The Labute approximate surface area is 156 Å². The van der Waals surface area contributed by atoms with Crippen LogP contribution in [0, 0.1) is 5.92 Å². The maximum atomic E-state index is 12.8. The molecule has 2 aliphatic rings. The molecule has 1 aliphatic heterocycles. The maximum absolute atomic E-state index is 12.8. The molecule has 5 nitrogen and oxygen atoms in total. The van der Waals surface area contributed by atoms with Crippen LogP contribution in [0.15, 0.2) is 24.3 Å². The highest BCUT2D eigenvalue weighted by Crippen LogP contribution is 2.40. The topological polar surface area (TPSA) is 64.6 Å². The number of halogens is 3. The van der Waals surface area contributed by atoms with Crippen molar-refractivity contribution in [2.45, 2.75) is 48.4 Å². The van der Waals surface area contributed by atoms with E-state index in [0.717, 1.165) is 5.57 Å². The number of amides is 1. The summed E-state index contributed by atoms with van der Waals surface area (Å²) in [6.07, 6.45) is 2.95. The SMILES string of the molecule is C=CC1(NC(=O)C(Cl)(Cl)Cl)C(=O)C=C(C)CC1C1COC(C)(C)O1. The van der Waals surface area contributed by atoms with Gasteiger partial charge in [-0.15, -0.1) is 6.58 Å². The summed E-state index contributed by atoms with van der Waals surface area (Å²) in [5, 5.41) is 2.56. The largest absolute Gasteiger partial charge is 0.348 e. The average Bonchev–Trinajstić information content (AvgIpc) is 2.80. The van der Waals surface area contributed by atoms with Crippen molar-refractivity contribution in [2.24, 2.45) is 5.92 Å². The summed E-state index contributed by atoms with van der Waals surface area (Å²) in [4.78, 5) is 25.0. The van der Waals surface area contributed by atoms with E-state index in [2.05, 4.69) is 11.9 Å². The summed E-state index contributed by atoms with van der Waals surface area (Å²) in [6, 6.07) is 0. The van der Waals surface area contributed by atoms with Crippen LogP contribution in [0.4, 0.5) is 0 Å². The number of ketones is 1. The summed E-state index contributed by atoms with van der Waals surface area (Å²) >= 11 is 17.0. The van der Waals surface area contributed by atoms with Crippen molar-refractivity contribution >= 4 is 46.5 Å². The predicted molar refractivity (Wildman–Crippen MR) is 93.1 cm³/mol. The summed E-state index contributed by atoms with van der Waals surface area (Å²) in [6.45, 7) is 9.44. The van der Waals surface area contributed by atoms with Crippen LogP contribution in [-0.4, -0.2) is 39.5 Å². The van der Waals surface area contributed by atoms with Gasteiger partial charge in [-0.05, 0) is 33.3 Å². The van der Waals surface area contributed by atoms with E-state index in [1.807, 2.05) is 6.92 Å². The standard InChI is InChI=1S/C16H20Cl3NO4/c1-5-15(20-13(22)16(17,18)19)10(6-9(2)7-12(15)21)11-8-23-14(3,4)24-11/h5,7,10-11H,1,6,8H2,2-4H3,(H,20,22). The number of alkyl halides is 3. The van der Waals surface area contributed by atoms with Gasteiger partial charge in [-0.25, -0.2) is 0 Å². The normalized spacial score (nSPS) is 33.1. The van der Waals surface area contributed by atoms with Crippen LogP contribution < -0.4 is 5.32 Å². The minimum absolute atomic E-state index is 0.289. The molecule has 3 atom stereocenters. The van der Waals surface area contributed by atoms with Crippen LogP contribution in [0.3, 0.4) is 0 Å². The molecule has 1 fully saturated rings. The Kier molecular flexibility index (Phi) is 5.44. The summed E-state index contributed by atoms with van der Waals surface area (Å²) < 4.78 is 9.33. The van der Waals surface area contributed by atoms with Crippen LogP contribution in [0.5, 0.6) is 0 Å². The molecule has 24 heavy (non-hydrogen) atoms. The Bertz CT molecular complexity index is 597. The van der Waals surface area contributed by atoms with Crippen molar-refractivity contribution in [3.05, 3.63) is 24.3 Å². The molecule has 2 rings (SSSR count). The zero-order chi connectivity index (χ0) is 18.3. The number of allylic oxidation sites excluding steroid dienone is 1. The molecule has 0 aromatic carbocycles. The smallest absolute Gasteiger partial charge is 0.273 e. The third-order valence-electron chi connectivity index (χ3n) is 4.29. The molecule has 8 heteroatoms.